The van der Waals surface area contributed by atoms with Crippen LogP contribution in [0.4, 0.5) is 0 Å². The molecule has 1 aromatic carbocycles. The van der Waals surface area contributed by atoms with Gasteiger partial charge in [0.25, 0.3) is 0 Å². The third kappa shape index (κ3) is 3.39. The van der Waals surface area contributed by atoms with E-state index in [1.165, 1.54) is 17.3 Å². The van der Waals surface area contributed by atoms with Crippen molar-refractivity contribution in [1.82, 2.24) is 25.1 Å². The Hall–Kier alpha value is -2.19. The van der Waals surface area contributed by atoms with E-state index in [1.54, 1.807) is 0 Å². The van der Waals surface area contributed by atoms with Crippen molar-refractivity contribution in [2.75, 3.05) is 18.9 Å². The predicted octanol–water partition coefficient (Wildman–Crippen LogP) is 2.21. The van der Waals surface area contributed by atoms with Crippen LogP contribution in [0.15, 0.2) is 23.4 Å². The zero-order valence-corrected chi connectivity index (χ0v) is 15.7. The summed E-state index contributed by atoms with van der Waals surface area (Å²) in [6, 6.07) is 6.23. The second-order valence-corrected chi connectivity index (χ2v) is 7.52. The molecule has 0 bridgehead atoms. The number of thioether (sulfide) groups is 1. The molecule has 1 aliphatic rings. The minimum Gasteiger partial charge on any atom is -0.376 e. The molecule has 1 atom stereocenters. The Labute approximate surface area is 155 Å². The molecule has 1 amide bonds. The van der Waals surface area contributed by atoms with Gasteiger partial charge in [0.05, 0.1) is 17.4 Å². The summed E-state index contributed by atoms with van der Waals surface area (Å²) < 4.78 is 7.53. The highest BCUT2D eigenvalue weighted by molar-refractivity contribution is 7.99. The van der Waals surface area contributed by atoms with Crippen molar-refractivity contribution >= 4 is 39.7 Å². The molecule has 0 saturated carbocycles. The molecule has 0 radical (unpaired) electrons. The minimum atomic E-state index is -0.0399. The molecule has 1 saturated heterocycles. The third-order valence-electron chi connectivity index (χ3n) is 4.62. The number of hydrogen-bond acceptors (Lipinski definition) is 6. The van der Waals surface area contributed by atoms with Crippen molar-refractivity contribution in [3.8, 4) is 0 Å². The molecular weight excluding hydrogens is 350 g/mol. The number of benzene rings is 1. The molecular formula is C18H21N5O2S. The second kappa shape index (κ2) is 7.20. The van der Waals surface area contributed by atoms with Gasteiger partial charge in [-0.05, 0) is 31.4 Å². The van der Waals surface area contributed by atoms with E-state index < -0.39 is 0 Å². The summed E-state index contributed by atoms with van der Waals surface area (Å²) in [6.07, 6.45) is 2.23. The van der Waals surface area contributed by atoms with Crippen LogP contribution in [0.5, 0.6) is 0 Å². The number of ether oxygens (including phenoxy) is 1. The van der Waals surface area contributed by atoms with E-state index in [0.29, 0.717) is 11.7 Å². The molecule has 3 aromatic rings. The van der Waals surface area contributed by atoms with Gasteiger partial charge in [-0.25, -0.2) is 4.98 Å². The number of rotatable bonds is 5. The van der Waals surface area contributed by atoms with Crippen LogP contribution in [0.1, 0.15) is 18.4 Å². The van der Waals surface area contributed by atoms with Crippen LogP contribution in [-0.4, -0.2) is 50.7 Å². The van der Waals surface area contributed by atoms with Gasteiger partial charge in [0.2, 0.25) is 11.1 Å². The first kappa shape index (κ1) is 17.2. The summed E-state index contributed by atoms with van der Waals surface area (Å²) >= 11 is 1.30. The summed E-state index contributed by atoms with van der Waals surface area (Å²) in [6.45, 7) is 3.42. The van der Waals surface area contributed by atoms with Gasteiger partial charge in [-0.2, -0.15) is 0 Å². The lowest BCUT2D eigenvalue weighted by Gasteiger charge is -2.10. The van der Waals surface area contributed by atoms with Crippen molar-refractivity contribution in [1.29, 1.82) is 0 Å². The molecule has 1 unspecified atom stereocenters. The number of hydrogen-bond donors (Lipinski definition) is 1. The van der Waals surface area contributed by atoms with Gasteiger partial charge in [0.15, 0.2) is 5.65 Å². The molecule has 4 rings (SSSR count). The van der Waals surface area contributed by atoms with Gasteiger partial charge in [-0.15, -0.1) is 10.2 Å². The van der Waals surface area contributed by atoms with Crippen LogP contribution in [0.3, 0.4) is 0 Å². The van der Waals surface area contributed by atoms with E-state index in [4.69, 9.17) is 4.74 Å². The molecule has 1 aliphatic heterocycles. The Morgan fingerprint density at radius 3 is 3.12 bits per heavy atom. The zero-order chi connectivity index (χ0) is 18.1. The zero-order valence-electron chi connectivity index (χ0n) is 14.9. The van der Waals surface area contributed by atoms with Crippen molar-refractivity contribution in [3.05, 3.63) is 23.8 Å². The fourth-order valence-electron chi connectivity index (χ4n) is 3.22. The number of nitrogens with one attached hydrogen (secondary N) is 1. The summed E-state index contributed by atoms with van der Waals surface area (Å²) in [7, 11) is 1.97. The standard InChI is InChI=1S/C18H21N5O2S/c1-11-5-6-13-14(8-11)23(2)17-16(13)21-22-18(20-17)26-10-15(24)19-9-12-4-3-7-25-12/h5-6,8,12H,3-4,7,9-10H2,1-2H3,(H,19,24). The number of fused-ring (bicyclic) bond motifs is 3. The number of nitrogens with zero attached hydrogens (tertiary/aromatic N) is 4. The van der Waals surface area contributed by atoms with Crippen LogP contribution in [-0.2, 0) is 16.6 Å². The van der Waals surface area contributed by atoms with E-state index in [0.717, 1.165) is 41.5 Å². The van der Waals surface area contributed by atoms with Crippen LogP contribution in [0.2, 0.25) is 0 Å². The predicted molar refractivity (Wildman–Crippen MR) is 101 cm³/mol. The number of amides is 1. The van der Waals surface area contributed by atoms with Gasteiger partial charge < -0.3 is 14.6 Å². The maximum absolute atomic E-state index is 12.0. The highest BCUT2D eigenvalue weighted by atomic mass is 32.2. The average Bonchev–Trinajstić information content (AvgIpc) is 3.26. The number of aryl methyl sites for hydroxylation is 2. The lowest BCUT2D eigenvalue weighted by Crippen LogP contribution is -2.32. The van der Waals surface area contributed by atoms with E-state index in [1.807, 2.05) is 11.6 Å². The van der Waals surface area contributed by atoms with Gasteiger partial charge >= 0.3 is 0 Å². The first-order valence-corrected chi connectivity index (χ1v) is 9.71. The smallest absolute Gasteiger partial charge is 0.230 e. The first-order chi connectivity index (χ1) is 12.6. The number of carbonyl (C=O) groups is 1. The van der Waals surface area contributed by atoms with Gasteiger partial charge in [-0.3, -0.25) is 4.79 Å². The van der Waals surface area contributed by atoms with Gasteiger partial charge in [-0.1, -0.05) is 23.9 Å². The highest BCUT2D eigenvalue weighted by Gasteiger charge is 2.17. The van der Waals surface area contributed by atoms with Crippen LogP contribution < -0.4 is 5.32 Å². The van der Waals surface area contributed by atoms with Crippen LogP contribution in [0.25, 0.3) is 22.1 Å². The topological polar surface area (TPSA) is 81.9 Å². The monoisotopic (exact) mass is 371 g/mol. The Morgan fingerprint density at radius 1 is 1.42 bits per heavy atom. The van der Waals surface area contributed by atoms with E-state index in [-0.39, 0.29) is 17.8 Å². The largest absolute Gasteiger partial charge is 0.376 e. The van der Waals surface area contributed by atoms with E-state index >= 15 is 0 Å². The summed E-state index contributed by atoms with van der Waals surface area (Å²) in [5, 5.41) is 13.0. The lowest BCUT2D eigenvalue weighted by molar-refractivity contribution is -0.119. The fourth-order valence-corrected chi connectivity index (χ4v) is 3.83. The average molecular weight is 371 g/mol. The normalized spacial score (nSPS) is 17.2. The Kier molecular flexibility index (Phi) is 4.78. The van der Waals surface area contributed by atoms with Crippen molar-refractivity contribution < 1.29 is 9.53 Å². The molecule has 8 heteroatoms. The summed E-state index contributed by atoms with van der Waals surface area (Å²) in [4.78, 5) is 16.6. The number of aromatic nitrogens is 4. The second-order valence-electron chi connectivity index (χ2n) is 6.57. The third-order valence-corrected chi connectivity index (χ3v) is 5.46. The van der Waals surface area contributed by atoms with Crippen LogP contribution in [0, 0.1) is 6.92 Å². The molecule has 1 N–H and O–H groups in total. The lowest BCUT2D eigenvalue weighted by atomic mass is 10.2. The first-order valence-electron chi connectivity index (χ1n) is 8.72. The quantitative estimate of drug-likeness (QED) is 0.693. The highest BCUT2D eigenvalue weighted by Crippen LogP contribution is 2.26. The molecule has 1 fully saturated rings. The van der Waals surface area contributed by atoms with Crippen molar-refractivity contribution in [2.24, 2.45) is 7.05 Å². The maximum atomic E-state index is 12.0. The summed E-state index contributed by atoms with van der Waals surface area (Å²) in [5.41, 5.74) is 3.84. The minimum absolute atomic E-state index is 0.0399. The Balaban J connectivity index is 1.46. The van der Waals surface area contributed by atoms with Crippen molar-refractivity contribution in [2.45, 2.75) is 31.0 Å². The molecule has 2 aromatic heterocycles. The maximum Gasteiger partial charge on any atom is 0.230 e. The van der Waals surface area contributed by atoms with Crippen LogP contribution >= 0.6 is 11.8 Å². The summed E-state index contributed by atoms with van der Waals surface area (Å²) in [5.74, 6) is 0.227. The Bertz CT molecular complexity index is 965. The molecule has 3 heterocycles. The van der Waals surface area contributed by atoms with Gasteiger partial charge in [0.1, 0.15) is 5.52 Å². The fraction of sp³-hybridized carbons (Fsp3) is 0.444. The van der Waals surface area contributed by atoms with E-state index in [9.17, 15) is 4.79 Å². The SMILES string of the molecule is Cc1ccc2c3nnc(SCC(=O)NCC4CCCO4)nc3n(C)c2c1. The number of carbonyl (C=O) groups excluding carboxylic acids is 1. The molecule has 26 heavy (non-hydrogen) atoms. The van der Waals surface area contributed by atoms with Gasteiger partial charge in [0, 0.05) is 25.6 Å². The van der Waals surface area contributed by atoms with Crippen molar-refractivity contribution in [3.63, 3.8) is 0 Å². The molecule has 0 spiro atoms. The molecule has 7 nitrogen and oxygen atoms in total. The molecule has 136 valence electrons. The Morgan fingerprint density at radius 2 is 2.31 bits per heavy atom. The van der Waals surface area contributed by atoms with E-state index in [2.05, 4.69) is 45.6 Å². The molecule has 0 aliphatic carbocycles.